The Bertz CT molecular complexity index is 236. The van der Waals surface area contributed by atoms with Crippen molar-refractivity contribution in [2.45, 2.75) is 31.0 Å². The van der Waals surface area contributed by atoms with Crippen LogP contribution in [0.4, 0.5) is 17.6 Å². The number of aliphatic hydroxyl groups excluding tert-OH is 1. The molecule has 0 radical (unpaired) electrons. The summed E-state index contributed by atoms with van der Waals surface area (Å²) in [5.74, 6) is -4.04. The number of hydrogen-bond donors (Lipinski definition) is 1. The first-order chi connectivity index (χ1) is 8.45. The zero-order chi connectivity index (χ0) is 13.6. The number of alkyl halides is 4. The second kappa shape index (κ2) is 7.22. The molecule has 1 rings (SSSR count). The van der Waals surface area contributed by atoms with E-state index in [0.29, 0.717) is 13.2 Å². The molecular weight excluding hydrogens is 260 g/mol. The van der Waals surface area contributed by atoms with Crippen LogP contribution in [-0.2, 0) is 14.2 Å². The fourth-order valence-corrected chi connectivity index (χ4v) is 1.09. The van der Waals surface area contributed by atoms with Gasteiger partial charge in [-0.25, -0.2) is 17.6 Å². The van der Waals surface area contributed by atoms with Crippen molar-refractivity contribution in [3.05, 3.63) is 0 Å². The van der Waals surface area contributed by atoms with Gasteiger partial charge in [0.25, 0.3) is 0 Å². The molecule has 0 aromatic heterocycles. The number of epoxide rings is 1. The topological polar surface area (TPSA) is 51.2 Å². The molecule has 0 aromatic carbocycles. The van der Waals surface area contributed by atoms with E-state index in [1.807, 2.05) is 0 Å². The van der Waals surface area contributed by atoms with Gasteiger partial charge in [0.1, 0.15) is 12.2 Å². The highest BCUT2D eigenvalue weighted by atomic mass is 19.3. The van der Waals surface area contributed by atoms with Crippen LogP contribution in [0.25, 0.3) is 0 Å². The lowest BCUT2D eigenvalue weighted by molar-refractivity contribution is -0.145. The highest BCUT2D eigenvalue weighted by Crippen LogP contribution is 2.26. The van der Waals surface area contributed by atoms with E-state index < -0.39 is 31.5 Å². The van der Waals surface area contributed by atoms with Gasteiger partial charge >= 0.3 is 12.3 Å². The monoisotopic (exact) mass is 276 g/mol. The second-order valence-electron chi connectivity index (χ2n) is 3.98. The molecule has 1 N–H and O–H groups in total. The molecule has 18 heavy (non-hydrogen) atoms. The van der Waals surface area contributed by atoms with E-state index >= 15 is 0 Å². The molecule has 2 unspecified atom stereocenters. The van der Waals surface area contributed by atoms with E-state index in [0.717, 1.165) is 0 Å². The zero-order valence-corrected chi connectivity index (χ0v) is 9.66. The third-order valence-electron chi connectivity index (χ3n) is 2.33. The molecule has 0 amide bonds. The van der Waals surface area contributed by atoms with Crippen LogP contribution in [0.5, 0.6) is 0 Å². The number of halogens is 4. The summed E-state index contributed by atoms with van der Waals surface area (Å²) in [6.07, 6.45) is -5.40. The minimum absolute atomic E-state index is 0.0159. The van der Waals surface area contributed by atoms with Gasteiger partial charge in [0, 0.05) is 6.42 Å². The van der Waals surface area contributed by atoms with Crippen molar-refractivity contribution in [2.75, 3.05) is 33.0 Å². The van der Waals surface area contributed by atoms with Gasteiger partial charge in [0.2, 0.25) is 0 Å². The third-order valence-corrected chi connectivity index (χ3v) is 2.33. The first kappa shape index (κ1) is 15.6. The Hall–Kier alpha value is -0.440. The Balaban J connectivity index is 2.06. The van der Waals surface area contributed by atoms with Crippen molar-refractivity contribution in [3.8, 4) is 0 Å². The minimum atomic E-state index is -4.04. The minimum Gasteiger partial charge on any atom is -0.394 e. The van der Waals surface area contributed by atoms with Crippen LogP contribution in [0.3, 0.4) is 0 Å². The first-order valence-corrected chi connectivity index (χ1v) is 5.53. The van der Waals surface area contributed by atoms with Crippen LogP contribution < -0.4 is 0 Å². The van der Waals surface area contributed by atoms with Crippen LogP contribution >= 0.6 is 0 Å². The van der Waals surface area contributed by atoms with Gasteiger partial charge in [0.05, 0.1) is 33.0 Å². The predicted molar refractivity (Wildman–Crippen MR) is 53.0 cm³/mol. The molecule has 0 aromatic rings. The van der Waals surface area contributed by atoms with Gasteiger partial charge < -0.3 is 19.3 Å². The summed E-state index contributed by atoms with van der Waals surface area (Å²) in [6, 6.07) is 0. The summed E-state index contributed by atoms with van der Waals surface area (Å²) in [5, 5.41) is 8.89. The molecule has 0 saturated carbocycles. The largest absolute Gasteiger partial charge is 0.394 e. The highest BCUT2D eigenvalue weighted by molar-refractivity contribution is 4.70. The standard InChI is InChI=1S/C10H16F4O4/c11-9(12)10(13,14)1-2-16-4-7(3-15)17-5-8-6-18-8/h7-9,15H,1-6H2. The average Bonchev–Trinajstić information content (AvgIpc) is 3.11. The number of aliphatic hydroxyl groups is 1. The van der Waals surface area contributed by atoms with E-state index in [1.165, 1.54) is 0 Å². The van der Waals surface area contributed by atoms with Gasteiger partial charge in [0.15, 0.2) is 0 Å². The lowest BCUT2D eigenvalue weighted by Gasteiger charge is -2.17. The Morgan fingerprint density at radius 1 is 1.39 bits per heavy atom. The Morgan fingerprint density at radius 3 is 2.56 bits per heavy atom. The van der Waals surface area contributed by atoms with Gasteiger partial charge in [-0.3, -0.25) is 0 Å². The van der Waals surface area contributed by atoms with Crippen molar-refractivity contribution < 1.29 is 36.9 Å². The molecule has 108 valence electrons. The smallest absolute Gasteiger partial charge is 0.309 e. The van der Waals surface area contributed by atoms with Crippen molar-refractivity contribution in [2.24, 2.45) is 0 Å². The number of ether oxygens (including phenoxy) is 3. The summed E-state index contributed by atoms with van der Waals surface area (Å²) in [6.45, 7) is -0.0843. The molecule has 0 bridgehead atoms. The maximum Gasteiger partial charge on any atom is 0.309 e. The Labute approximate surface area is 102 Å². The van der Waals surface area contributed by atoms with Crippen LogP contribution in [0, 0.1) is 0 Å². The van der Waals surface area contributed by atoms with Crippen molar-refractivity contribution in [1.82, 2.24) is 0 Å². The molecule has 2 atom stereocenters. The van der Waals surface area contributed by atoms with Gasteiger partial charge in [-0.15, -0.1) is 0 Å². The molecule has 0 spiro atoms. The fourth-order valence-electron chi connectivity index (χ4n) is 1.09. The Kier molecular flexibility index (Phi) is 6.27. The lowest BCUT2D eigenvalue weighted by atomic mass is 10.2. The normalized spacial score (nSPS) is 21.3. The van der Waals surface area contributed by atoms with Crippen molar-refractivity contribution in [1.29, 1.82) is 0 Å². The summed E-state index contributed by atoms with van der Waals surface area (Å²) in [7, 11) is 0. The summed E-state index contributed by atoms with van der Waals surface area (Å²) >= 11 is 0. The van der Waals surface area contributed by atoms with E-state index in [9.17, 15) is 17.6 Å². The maximum atomic E-state index is 12.5. The summed E-state index contributed by atoms with van der Waals surface area (Å²) in [5.41, 5.74) is 0. The quantitative estimate of drug-likeness (QED) is 0.368. The van der Waals surface area contributed by atoms with Crippen LogP contribution in [-0.4, -0.2) is 62.7 Å². The van der Waals surface area contributed by atoms with E-state index in [4.69, 9.17) is 19.3 Å². The SMILES string of the molecule is OCC(COCCC(F)(F)C(F)F)OCC1CO1. The van der Waals surface area contributed by atoms with Gasteiger partial charge in [-0.05, 0) is 0 Å². The highest BCUT2D eigenvalue weighted by Gasteiger charge is 2.40. The lowest BCUT2D eigenvalue weighted by Crippen LogP contribution is -2.30. The van der Waals surface area contributed by atoms with Crippen LogP contribution in [0.15, 0.2) is 0 Å². The predicted octanol–water partition coefficient (Wildman–Crippen LogP) is 1.07. The first-order valence-electron chi connectivity index (χ1n) is 5.53. The van der Waals surface area contributed by atoms with Gasteiger partial charge in [-0.2, -0.15) is 0 Å². The fraction of sp³-hybridized carbons (Fsp3) is 1.00. The van der Waals surface area contributed by atoms with E-state index in [2.05, 4.69) is 0 Å². The number of hydrogen-bond acceptors (Lipinski definition) is 4. The third kappa shape index (κ3) is 5.94. The molecule has 0 aliphatic carbocycles. The van der Waals surface area contributed by atoms with E-state index in [1.54, 1.807) is 0 Å². The maximum absolute atomic E-state index is 12.5. The molecule has 1 saturated heterocycles. The molecular formula is C10H16F4O4. The molecule has 4 nitrogen and oxygen atoms in total. The number of rotatable bonds is 10. The van der Waals surface area contributed by atoms with Gasteiger partial charge in [-0.1, -0.05) is 0 Å². The van der Waals surface area contributed by atoms with Crippen molar-refractivity contribution >= 4 is 0 Å². The molecule has 1 aliphatic heterocycles. The molecule has 8 heteroatoms. The molecule has 1 aliphatic rings. The summed E-state index contributed by atoms with van der Waals surface area (Å²) < 4.78 is 63.4. The average molecular weight is 276 g/mol. The van der Waals surface area contributed by atoms with Crippen molar-refractivity contribution in [3.63, 3.8) is 0 Å². The molecule has 1 fully saturated rings. The van der Waals surface area contributed by atoms with Crippen LogP contribution in [0.2, 0.25) is 0 Å². The van der Waals surface area contributed by atoms with Crippen LogP contribution in [0.1, 0.15) is 6.42 Å². The Morgan fingerprint density at radius 2 is 2.06 bits per heavy atom. The van der Waals surface area contributed by atoms with E-state index in [-0.39, 0.29) is 19.3 Å². The summed E-state index contributed by atoms with van der Waals surface area (Å²) in [4.78, 5) is 0. The second-order valence-corrected chi connectivity index (χ2v) is 3.98. The zero-order valence-electron chi connectivity index (χ0n) is 9.66. The molecule has 1 heterocycles.